The van der Waals surface area contributed by atoms with Crippen molar-refractivity contribution in [2.24, 2.45) is 0 Å². The van der Waals surface area contributed by atoms with Crippen LogP contribution in [0.4, 0.5) is 0 Å². The molecule has 0 aromatic heterocycles. The third-order valence-electron chi connectivity index (χ3n) is 5.21. The standard InChI is InChI=1S/3C9H18OS.C4H9.Sn.H/c3*1-3-5-6-7-8-11-9(10)4-2;1-3-4-2;;/h3*3-8H2,1-2H3;1,3-4H2,2H3;;. The molecule has 0 aliphatic carbocycles. The molecule has 0 saturated heterocycles. The van der Waals surface area contributed by atoms with E-state index in [1.807, 2.05) is 20.8 Å². The summed E-state index contributed by atoms with van der Waals surface area (Å²) < 4.78 is 1.47. The number of carbonyl (C=O) groups excluding carboxylic acids is 3. The summed E-state index contributed by atoms with van der Waals surface area (Å²) in [5.41, 5.74) is 0. The second kappa shape index (κ2) is 44.9. The van der Waals surface area contributed by atoms with E-state index in [0.29, 0.717) is 34.6 Å². The van der Waals surface area contributed by atoms with Crippen LogP contribution in [0.1, 0.15) is 158 Å². The predicted molar refractivity (Wildman–Crippen MR) is 183 cm³/mol. The Kier molecular flexibility index (Phi) is 54.1. The second-order valence-corrected chi connectivity index (χ2v) is 14.2. The molecule has 38 heavy (non-hydrogen) atoms. The summed E-state index contributed by atoms with van der Waals surface area (Å²) in [5.74, 6) is 3.06. The number of carbonyl (C=O) groups is 3. The molecule has 0 bridgehead atoms. The minimum absolute atomic E-state index is 0.335. The van der Waals surface area contributed by atoms with Gasteiger partial charge in [0.05, 0.1) is 0 Å². The molecule has 0 aliphatic rings. The first-order valence-corrected chi connectivity index (χ1v) is 20.8. The number of hydrogen-bond acceptors (Lipinski definition) is 6. The van der Waals surface area contributed by atoms with E-state index in [4.69, 9.17) is 0 Å². The Labute approximate surface area is 265 Å². The van der Waals surface area contributed by atoms with E-state index in [1.165, 1.54) is 152 Å². The molecule has 0 aromatic carbocycles. The SMILES string of the molecule is CCCCCCSC(=O)CC.CCCCCCSC(=O)CC.CCCCCCSC(=O)CC.CCC[CH2][SnH]. The van der Waals surface area contributed by atoms with Crippen molar-refractivity contribution in [2.45, 2.75) is 162 Å². The van der Waals surface area contributed by atoms with Crippen LogP contribution in [0.15, 0.2) is 0 Å². The average Bonchev–Trinajstić information content (AvgIpc) is 2.93. The van der Waals surface area contributed by atoms with Gasteiger partial charge in [-0.05, 0) is 19.3 Å². The van der Waals surface area contributed by atoms with Gasteiger partial charge in [0, 0.05) is 36.5 Å². The van der Waals surface area contributed by atoms with E-state index < -0.39 is 0 Å². The van der Waals surface area contributed by atoms with E-state index in [9.17, 15) is 14.4 Å². The van der Waals surface area contributed by atoms with Gasteiger partial charge < -0.3 is 0 Å². The van der Waals surface area contributed by atoms with E-state index >= 15 is 0 Å². The molecule has 0 saturated carbocycles. The van der Waals surface area contributed by atoms with Crippen LogP contribution in [0, 0.1) is 0 Å². The van der Waals surface area contributed by atoms with Crippen LogP contribution in [0.3, 0.4) is 0 Å². The fourth-order valence-corrected chi connectivity index (χ4v) is 6.16. The van der Waals surface area contributed by atoms with Gasteiger partial charge in [-0.25, -0.2) is 0 Å². The topological polar surface area (TPSA) is 51.2 Å². The Bertz CT molecular complexity index is 413. The summed E-state index contributed by atoms with van der Waals surface area (Å²) in [4.78, 5) is 32.4. The molecule has 0 aromatic rings. The van der Waals surface area contributed by atoms with Crippen molar-refractivity contribution in [3.63, 3.8) is 0 Å². The van der Waals surface area contributed by atoms with Crippen LogP contribution in [0.25, 0.3) is 0 Å². The first-order valence-electron chi connectivity index (χ1n) is 15.5. The molecule has 228 valence electrons. The molecule has 2 radical (unpaired) electrons. The Balaban J connectivity index is -0.000000209. The summed E-state index contributed by atoms with van der Waals surface area (Å²) in [7, 11) is 0. The van der Waals surface area contributed by atoms with Gasteiger partial charge in [0.15, 0.2) is 15.3 Å². The van der Waals surface area contributed by atoms with Gasteiger partial charge in [-0.3, -0.25) is 14.4 Å². The molecular weight excluding hydrogens is 635 g/mol. The fourth-order valence-electron chi connectivity index (χ4n) is 2.65. The monoisotopic (exact) mass is 700 g/mol. The van der Waals surface area contributed by atoms with Crippen molar-refractivity contribution < 1.29 is 14.4 Å². The van der Waals surface area contributed by atoms with Gasteiger partial charge in [0.1, 0.15) is 0 Å². The summed E-state index contributed by atoms with van der Waals surface area (Å²) in [6.07, 6.45) is 20.0. The predicted octanol–water partition coefficient (Wildman–Crippen LogP) is 10.8. The third kappa shape index (κ3) is 53.2. The first-order chi connectivity index (χ1) is 18.3. The van der Waals surface area contributed by atoms with Crippen molar-refractivity contribution in [3.8, 4) is 0 Å². The van der Waals surface area contributed by atoms with Gasteiger partial charge in [-0.1, -0.05) is 135 Å². The number of rotatable bonds is 20. The maximum absolute atomic E-state index is 10.8. The molecule has 0 aliphatic heterocycles. The van der Waals surface area contributed by atoms with Crippen LogP contribution in [-0.4, -0.2) is 55.1 Å². The van der Waals surface area contributed by atoms with Crippen LogP contribution in [-0.2, 0) is 14.4 Å². The van der Waals surface area contributed by atoms with E-state index in [0.717, 1.165) is 17.3 Å². The van der Waals surface area contributed by atoms with Gasteiger partial charge >= 0.3 is 46.7 Å². The average molecular weight is 700 g/mol. The quantitative estimate of drug-likeness (QED) is 0.0931. The molecule has 0 fully saturated rings. The molecule has 0 amide bonds. The van der Waals surface area contributed by atoms with Crippen LogP contribution >= 0.6 is 35.3 Å². The number of thioether (sulfide) groups is 3. The van der Waals surface area contributed by atoms with Crippen LogP contribution < -0.4 is 0 Å². The number of hydrogen-bond donors (Lipinski definition) is 0. The zero-order valence-corrected chi connectivity index (χ0v) is 32.1. The molecule has 0 heterocycles. The van der Waals surface area contributed by atoms with Crippen LogP contribution in [0.2, 0.25) is 4.44 Å². The van der Waals surface area contributed by atoms with Gasteiger partial charge in [0.25, 0.3) is 0 Å². The molecule has 0 unspecified atom stereocenters. The van der Waals surface area contributed by atoms with Crippen molar-refractivity contribution >= 4 is 73.2 Å². The van der Waals surface area contributed by atoms with E-state index in [2.05, 4.69) is 27.7 Å². The molecule has 0 spiro atoms. The molecule has 0 N–H and O–H groups in total. The van der Waals surface area contributed by atoms with E-state index in [-0.39, 0.29) is 0 Å². The fraction of sp³-hybridized carbons (Fsp3) is 0.903. The molecule has 0 rings (SSSR count). The van der Waals surface area contributed by atoms with Crippen molar-refractivity contribution in [1.29, 1.82) is 0 Å². The summed E-state index contributed by atoms with van der Waals surface area (Å²) in [6, 6.07) is 0. The molecule has 7 heteroatoms. The summed E-state index contributed by atoms with van der Waals surface area (Å²) >= 11 is 5.91. The minimum atomic E-state index is 0.335. The third-order valence-corrected chi connectivity index (χ3v) is 9.68. The Morgan fingerprint density at radius 1 is 0.421 bits per heavy atom. The normalized spacial score (nSPS) is 9.79. The molecular formula is C31H64O3S3Sn. The van der Waals surface area contributed by atoms with Crippen molar-refractivity contribution in [2.75, 3.05) is 17.3 Å². The van der Waals surface area contributed by atoms with E-state index in [1.54, 1.807) is 0 Å². The van der Waals surface area contributed by atoms with Crippen molar-refractivity contribution in [3.05, 3.63) is 0 Å². The van der Waals surface area contributed by atoms with Gasteiger partial charge in [-0.15, -0.1) is 0 Å². The Morgan fingerprint density at radius 3 is 0.842 bits per heavy atom. The Morgan fingerprint density at radius 2 is 0.684 bits per heavy atom. The Hall–Kier alpha value is 0.859. The summed E-state index contributed by atoms with van der Waals surface area (Å²) in [6.45, 7) is 14.6. The van der Waals surface area contributed by atoms with Gasteiger partial charge in [0.2, 0.25) is 0 Å². The number of unbranched alkanes of at least 4 members (excludes halogenated alkanes) is 10. The van der Waals surface area contributed by atoms with Crippen LogP contribution in [0.5, 0.6) is 0 Å². The zero-order chi connectivity index (χ0) is 29.7. The molecule has 3 nitrogen and oxygen atoms in total. The first kappa shape index (κ1) is 45.8. The molecule has 0 atom stereocenters. The summed E-state index contributed by atoms with van der Waals surface area (Å²) in [5, 5.41) is 1.00. The maximum atomic E-state index is 10.8. The van der Waals surface area contributed by atoms with Gasteiger partial charge in [-0.2, -0.15) is 0 Å². The second-order valence-electron chi connectivity index (χ2n) is 9.05. The van der Waals surface area contributed by atoms with Crippen molar-refractivity contribution in [1.82, 2.24) is 0 Å². The zero-order valence-electron chi connectivity index (χ0n) is 26.4.